The average molecular weight is 732 g/mol. The quantitative estimate of drug-likeness (QED) is 0.0696. The molecule has 2 aliphatic rings. The minimum absolute atomic E-state index is 0. The minimum atomic E-state index is -4.67. The molecular weight excluding hydrogens is 699 g/mol. The van der Waals surface area contributed by atoms with Gasteiger partial charge in [-0.15, -0.1) is 0 Å². The van der Waals surface area contributed by atoms with Crippen molar-refractivity contribution in [1.82, 2.24) is 0 Å². The Morgan fingerprint density at radius 3 is 1.96 bits per heavy atom. The molecule has 12 N–H and O–H groups in total. The molecule has 5 rings (SSSR count). The predicted octanol–water partition coefficient (Wildman–Crippen LogP) is -2.72. The van der Waals surface area contributed by atoms with E-state index in [-0.39, 0.29) is 40.7 Å². The number of phenolic OH excluding ortho intramolecular Hbond substituents is 4. The Bertz CT molecular complexity index is 1780. The summed E-state index contributed by atoms with van der Waals surface area (Å²) in [6, 6.07) is 5.24. The van der Waals surface area contributed by atoms with Crippen LogP contribution in [-0.2, 0) is 24.6 Å². The van der Waals surface area contributed by atoms with Crippen LogP contribution in [0.5, 0.6) is 28.7 Å². The van der Waals surface area contributed by atoms with E-state index in [1.54, 1.807) is 0 Å². The Morgan fingerprint density at radius 1 is 0.755 bits per heavy atom. The van der Waals surface area contributed by atoms with Crippen molar-refractivity contribution < 1.29 is 92.0 Å². The van der Waals surface area contributed by atoms with Crippen LogP contribution in [-0.4, -0.2) is 166 Å². The molecule has 2 aliphatic heterocycles. The molecule has 2 fully saturated rings. The number of benzene rings is 2. The van der Waals surface area contributed by atoms with Gasteiger partial charge in [0.2, 0.25) is 17.5 Å². The Morgan fingerprint density at radius 2 is 1.35 bits per heavy atom. The number of fused-ring (bicyclic) bond motifs is 1. The molecule has 49 heavy (non-hydrogen) atoms. The maximum atomic E-state index is 13.6. The van der Waals surface area contributed by atoms with Gasteiger partial charge in [-0.2, -0.15) is 8.42 Å². The zero-order valence-corrected chi connectivity index (χ0v) is 28.2. The summed E-state index contributed by atoms with van der Waals surface area (Å²) < 4.78 is 59.4. The van der Waals surface area contributed by atoms with Crippen LogP contribution in [0, 0.1) is 0 Å². The molecule has 0 unspecified atom stereocenters. The van der Waals surface area contributed by atoms with Crippen LogP contribution >= 0.6 is 0 Å². The van der Waals surface area contributed by atoms with Gasteiger partial charge in [0.1, 0.15) is 65.2 Å². The molecule has 0 aliphatic carbocycles. The maximum absolute atomic E-state index is 13.6. The summed E-state index contributed by atoms with van der Waals surface area (Å²) in [5.74, 6) is -3.33. The molecule has 1 aromatic heterocycles. The second kappa shape index (κ2) is 16.0. The van der Waals surface area contributed by atoms with Gasteiger partial charge < -0.3 is 74.4 Å². The van der Waals surface area contributed by atoms with Crippen LogP contribution < -0.4 is 10.2 Å². The van der Waals surface area contributed by atoms with Gasteiger partial charge in [0.25, 0.3) is 0 Å². The number of rotatable bonds is 6. The molecule has 267 valence electrons. The normalized spacial score (nSPS) is 30.1. The van der Waals surface area contributed by atoms with E-state index in [0.717, 1.165) is 24.3 Å². The molecule has 22 heteroatoms. The maximum Gasteiger partial charge on any atom is 0.394 e. The second-order valence-electron chi connectivity index (χ2n) is 10.7. The topological polar surface area (TPSA) is 344 Å². The van der Waals surface area contributed by atoms with Crippen molar-refractivity contribution in [3.05, 3.63) is 40.6 Å². The van der Waals surface area contributed by atoms with Crippen molar-refractivity contribution in [2.45, 2.75) is 68.3 Å². The Hall–Kier alpha value is -2.84. The van der Waals surface area contributed by atoms with Gasteiger partial charge >= 0.3 is 10.4 Å². The summed E-state index contributed by atoms with van der Waals surface area (Å²) in [7, 11) is -4.67. The van der Waals surface area contributed by atoms with Crippen molar-refractivity contribution in [2.75, 3.05) is 6.61 Å². The van der Waals surface area contributed by atoms with Crippen molar-refractivity contribution in [2.24, 2.45) is 0 Å². The van der Waals surface area contributed by atoms with Crippen LogP contribution in [0.1, 0.15) is 6.92 Å². The first-order valence-electron chi connectivity index (χ1n) is 13.7. The Balaban J connectivity index is 0.00000101. The van der Waals surface area contributed by atoms with Crippen molar-refractivity contribution in [1.29, 1.82) is 0 Å². The van der Waals surface area contributed by atoms with Crippen LogP contribution in [0.15, 0.2) is 39.5 Å². The summed E-state index contributed by atoms with van der Waals surface area (Å²) in [6.45, 7) is 0.818. The molecule has 2 aromatic carbocycles. The summed E-state index contributed by atoms with van der Waals surface area (Å²) in [4.78, 5) is 13.6. The first-order valence-corrected chi connectivity index (χ1v) is 15.1. The van der Waals surface area contributed by atoms with E-state index in [1.165, 1.54) is 13.0 Å². The minimum Gasteiger partial charge on any atom is -0.508 e. The summed E-state index contributed by atoms with van der Waals surface area (Å²) >= 11 is 0. The van der Waals surface area contributed by atoms with E-state index in [4.69, 9.17) is 40.9 Å². The van der Waals surface area contributed by atoms with E-state index < -0.39 is 124 Å². The summed E-state index contributed by atoms with van der Waals surface area (Å²) in [5.41, 5.74) is -1.35. The van der Waals surface area contributed by atoms with Crippen LogP contribution in [0.3, 0.4) is 0 Å². The fraction of sp³-hybridized carbons (Fsp3) is 0.444. The zero-order chi connectivity index (χ0) is 35.8. The number of aromatic hydroxyl groups is 4. The van der Waals surface area contributed by atoms with Crippen molar-refractivity contribution in [3.63, 3.8) is 0 Å². The van der Waals surface area contributed by atoms with Crippen LogP contribution in [0.25, 0.3) is 22.3 Å². The monoisotopic (exact) mass is 731 g/mol. The Labute approximate surface area is 297 Å². The van der Waals surface area contributed by atoms with Crippen LogP contribution in [0.4, 0.5) is 0 Å². The van der Waals surface area contributed by atoms with E-state index >= 15 is 0 Å². The predicted molar refractivity (Wildman–Crippen MR) is 160 cm³/mol. The largest absolute Gasteiger partial charge is 0.508 e. The third-order valence-corrected chi connectivity index (χ3v) is 7.29. The SMILES string of the molecule is C[C@@H]1O[C@@H](OC[C@H]2O[C@@H](Oc3c(-c4ccc(O)c(O)c4)oc4cc(O)cc(O)c4c3=O)[C@H](O)[C@@H](O)[C@@H]2O)[C@H](O)[C@H](O)[C@H]1O.O=S(=O)(O)O.[Na]. The first-order chi connectivity index (χ1) is 22.3. The van der Waals surface area contributed by atoms with Crippen molar-refractivity contribution >= 4 is 50.9 Å². The fourth-order valence-electron chi connectivity index (χ4n) is 4.84. The van der Waals surface area contributed by atoms with Gasteiger partial charge in [-0.25, -0.2) is 0 Å². The molecule has 3 heterocycles. The van der Waals surface area contributed by atoms with Gasteiger partial charge in [0.05, 0.1) is 12.7 Å². The standard InChI is InChI=1S/C27H30O16.Na.H2O4S/c1-8-17(32)20(35)22(37)26(40-8)39-7-15-18(33)21(36)23(38)27(42-15)43-25-19(34)16-13(31)5-10(28)6-14(16)41-24(25)9-2-3-11(29)12(30)4-9;;1-5(2,3)4/h2-6,8,15,17-18,20-23,26-33,35-38H,7H2,1H3;;(H2,1,2,3,4)/t8-,15+,17-,18+,20+,21-,22+,23+,26+,27-;;/m0../s1. The summed E-state index contributed by atoms with van der Waals surface area (Å²) in [5, 5.41) is 101. The smallest absolute Gasteiger partial charge is 0.394 e. The van der Waals surface area contributed by atoms with Crippen molar-refractivity contribution in [3.8, 4) is 40.1 Å². The number of phenols is 4. The van der Waals surface area contributed by atoms with Gasteiger partial charge in [-0.3, -0.25) is 13.9 Å². The van der Waals surface area contributed by atoms with E-state index in [2.05, 4.69) is 0 Å². The van der Waals surface area contributed by atoms with E-state index in [1.807, 2.05) is 0 Å². The molecule has 0 amide bonds. The van der Waals surface area contributed by atoms with Crippen LogP contribution in [0.2, 0.25) is 0 Å². The van der Waals surface area contributed by atoms with Gasteiger partial charge in [0, 0.05) is 47.3 Å². The van der Waals surface area contributed by atoms with E-state index in [9.17, 15) is 55.9 Å². The number of hydrogen-bond acceptors (Lipinski definition) is 18. The average Bonchev–Trinajstić information content (AvgIpc) is 2.99. The molecule has 2 saturated heterocycles. The number of aliphatic hydroxyl groups is 6. The molecular formula is C27H32NaO20S. The Kier molecular flexibility index (Phi) is 13.3. The van der Waals surface area contributed by atoms with Gasteiger partial charge in [0.15, 0.2) is 23.5 Å². The van der Waals surface area contributed by atoms with E-state index in [0.29, 0.717) is 0 Å². The molecule has 1 radical (unpaired) electrons. The number of hydrogen-bond donors (Lipinski definition) is 12. The second-order valence-corrected chi connectivity index (χ2v) is 11.6. The molecule has 0 saturated carbocycles. The number of ether oxygens (including phenoxy) is 4. The molecule has 10 atom stereocenters. The summed E-state index contributed by atoms with van der Waals surface area (Å²) in [6.07, 6.45) is -16.2. The third-order valence-electron chi connectivity index (χ3n) is 7.29. The third kappa shape index (κ3) is 9.29. The molecule has 0 spiro atoms. The number of aliphatic hydroxyl groups excluding tert-OH is 6. The van der Waals surface area contributed by atoms with Gasteiger partial charge in [-0.1, -0.05) is 0 Å². The zero-order valence-electron chi connectivity index (χ0n) is 25.4. The molecule has 3 aromatic rings. The first kappa shape index (κ1) is 40.6. The molecule has 0 bridgehead atoms. The van der Waals surface area contributed by atoms with Gasteiger partial charge in [-0.05, 0) is 25.1 Å². The molecule has 20 nitrogen and oxygen atoms in total. The fourth-order valence-corrected chi connectivity index (χ4v) is 4.84.